The Balaban J connectivity index is 1.69. The highest BCUT2D eigenvalue weighted by Crippen LogP contribution is 2.34. The summed E-state index contributed by atoms with van der Waals surface area (Å²) in [4.78, 5) is 21.6. The Labute approximate surface area is 153 Å². The zero-order chi connectivity index (χ0) is 18.0. The highest BCUT2D eigenvalue weighted by atomic mass is 32.2. The van der Waals surface area contributed by atoms with Crippen LogP contribution in [0.2, 0.25) is 0 Å². The number of nitro groups is 1. The molecule has 0 saturated carbocycles. The number of nitro benzene ring substituents is 1. The van der Waals surface area contributed by atoms with Crippen LogP contribution in [0.3, 0.4) is 0 Å². The van der Waals surface area contributed by atoms with Gasteiger partial charge < -0.3 is 4.74 Å². The van der Waals surface area contributed by atoms with Gasteiger partial charge in [0.25, 0.3) is 0 Å². The Morgan fingerprint density at radius 1 is 1.28 bits per heavy atom. The van der Waals surface area contributed by atoms with Gasteiger partial charge in [-0.15, -0.1) is 23.1 Å². The predicted molar refractivity (Wildman–Crippen MR) is 101 cm³/mol. The molecule has 0 aliphatic rings. The van der Waals surface area contributed by atoms with Crippen LogP contribution in [0.25, 0.3) is 10.2 Å². The van der Waals surface area contributed by atoms with Gasteiger partial charge in [0.15, 0.2) is 5.75 Å². The van der Waals surface area contributed by atoms with E-state index in [2.05, 4.69) is 23.8 Å². The Hall–Kier alpha value is -2.19. The van der Waals surface area contributed by atoms with Crippen molar-refractivity contribution in [3.63, 3.8) is 0 Å². The highest BCUT2D eigenvalue weighted by Gasteiger charge is 2.15. The van der Waals surface area contributed by atoms with Gasteiger partial charge in [0, 0.05) is 22.1 Å². The van der Waals surface area contributed by atoms with Gasteiger partial charge in [-0.05, 0) is 38.0 Å². The van der Waals surface area contributed by atoms with E-state index in [4.69, 9.17) is 4.74 Å². The molecule has 1 aromatic carbocycles. The molecule has 3 aromatic rings. The Bertz CT molecular complexity index is 940. The summed E-state index contributed by atoms with van der Waals surface area (Å²) in [6.07, 6.45) is 1.58. The molecule has 8 heteroatoms. The first kappa shape index (κ1) is 17.6. The van der Waals surface area contributed by atoms with E-state index in [0.717, 1.165) is 20.8 Å². The van der Waals surface area contributed by atoms with E-state index < -0.39 is 4.92 Å². The van der Waals surface area contributed by atoms with Crippen molar-refractivity contribution in [1.82, 2.24) is 9.97 Å². The highest BCUT2D eigenvalue weighted by molar-refractivity contribution is 7.99. The predicted octanol–water partition coefficient (Wildman–Crippen LogP) is 4.70. The maximum absolute atomic E-state index is 11.1. The average Bonchev–Trinajstić information content (AvgIpc) is 2.86. The van der Waals surface area contributed by atoms with E-state index in [1.54, 1.807) is 41.6 Å². The smallest absolute Gasteiger partial charge is 0.310 e. The van der Waals surface area contributed by atoms with Gasteiger partial charge in [0.2, 0.25) is 0 Å². The van der Waals surface area contributed by atoms with E-state index in [-0.39, 0.29) is 5.69 Å². The first-order valence-electron chi connectivity index (χ1n) is 7.68. The molecule has 0 aliphatic carbocycles. The summed E-state index contributed by atoms with van der Waals surface area (Å²) in [5.74, 6) is 0.951. The topological polar surface area (TPSA) is 78.2 Å². The van der Waals surface area contributed by atoms with Gasteiger partial charge in [0.1, 0.15) is 16.2 Å². The molecule has 0 N–H and O–H groups in total. The second kappa shape index (κ2) is 7.37. The second-order valence-electron chi connectivity index (χ2n) is 5.57. The SMILES string of the molecule is Cc1ccc([N+](=O)[O-])c(OCCSc2ncnc3sc(C)c(C)c23)c1. The minimum atomic E-state index is -0.423. The Morgan fingerprint density at radius 3 is 2.84 bits per heavy atom. The van der Waals surface area contributed by atoms with Crippen LogP contribution < -0.4 is 4.74 Å². The third-order valence-corrected chi connectivity index (χ3v) is 5.89. The lowest BCUT2D eigenvalue weighted by molar-refractivity contribution is -0.385. The zero-order valence-electron chi connectivity index (χ0n) is 14.1. The number of rotatable bonds is 6. The molecule has 6 nitrogen and oxygen atoms in total. The lowest BCUT2D eigenvalue weighted by Gasteiger charge is -2.08. The van der Waals surface area contributed by atoms with Gasteiger partial charge in [-0.25, -0.2) is 9.97 Å². The molecule has 0 bridgehead atoms. The largest absolute Gasteiger partial charge is 0.486 e. The number of nitrogens with zero attached hydrogens (tertiary/aromatic N) is 3. The quantitative estimate of drug-likeness (QED) is 0.204. The minimum Gasteiger partial charge on any atom is -0.486 e. The number of hydrogen-bond acceptors (Lipinski definition) is 7. The summed E-state index contributed by atoms with van der Waals surface area (Å²) in [5, 5.41) is 13.1. The number of thioether (sulfide) groups is 1. The number of ether oxygens (including phenoxy) is 1. The average molecular weight is 375 g/mol. The normalized spacial score (nSPS) is 11.0. The zero-order valence-corrected chi connectivity index (χ0v) is 15.7. The number of aromatic nitrogens is 2. The van der Waals surface area contributed by atoms with Crippen molar-refractivity contribution in [2.45, 2.75) is 25.8 Å². The van der Waals surface area contributed by atoms with Gasteiger partial charge >= 0.3 is 5.69 Å². The Morgan fingerprint density at radius 2 is 2.08 bits per heavy atom. The number of benzene rings is 1. The fraction of sp³-hybridized carbons (Fsp3) is 0.294. The minimum absolute atomic E-state index is 0.00988. The third-order valence-electron chi connectivity index (χ3n) is 3.82. The van der Waals surface area contributed by atoms with E-state index in [9.17, 15) is 10.1 Å². The maximum Gasteiger partial charge on any atom is 0.310 e. The van der Waals surface area contributed by atoms with Crippen LogP contribution >= 0.6 is 23.1 Å². The van der Waals surface area contributed by atoms with Crippen LogP contribution in [0.5, 0.6) is 5.75 Å². The number of aryl methyl sites for hydroxylation is 3. The molecule has 25 heavy (non-hydrogen) atoms. The first-order valence-corrected chi connectivity index (χ1v) is 9.49. The standard InChI is InChI=1S/C17H17N3O3S2/c1-10-4-5-13(20(21)22)14(8-10)23-6-7-24-16-15-11(2)12(3)25-17(15)19-9-18-16/h4-5,8-9H,6-7H2,1-3H3. The molecule has 0 radical (unpaired) electrons. The van der Waals surface area contributed by atoms with Crippen LogP contribution in [0.4, 0.5) is 5.69 Å². The van der Waals surface area contributed by atoms with E-state index >= 15 is 0 Å². The summed E-state index contributed by atoms with van der Waals surface area (Å²) in [6.45, 7) is 6.40. The summed E-state index contributed by atoms with van der Waals surface area (Å²) < 4.78 is 5.65. The fourth-order valence-corrected chi connectivity index (χ4v) is 4.37. The van der Waals surface area contributed by atoms with E-state index in [1.807, 2.05) is 6.92 Å². The second-order valence-corrected chi connectivity index (χ2v) is 7.85. The van der Waals surface area contributed by atoms with Crippen molar-refractivity contribution >= 4 is 39.0 Å². The molecule has 0 fully saturated rings. The van der Waals surface area contributed by atoms with Crippen LogP contribution in [0.15, 0.2) is 29.6 Å². The van der Waals surface area contributed by atoms with Gasteiger partial charge in [-0.1, -0.05) is 6.07 Å². The van der Waals surface area contributed by atoms with E-state index in [1.165, 1.54) is 16.5 Å². The maximum atomic E-state index is 11.1. The lowest BCUT2D eigenvalue weighted by Crippen LogP contribution is -2.03. The van der Waals surface area contributed by atoms with Crippen LogP contribution in [-0.4, -0.2) is 27.3 Å². The molecule has 130 valence electrons. The molecule has 0 atom stereocenters. The summed E-state index contributed by atoms with van der Waals surface area (Å²) >= 11 is 3.24. The molecular formula is C17H17N3O3S2. The summed E-state index contributed by atoms with van der Waals surface area (Å²) in [7, 11) is 0. The molecule has 0 saturated heterocycles. The molecule has 0 aliphatic heterocycles. The molecule has 0 unspecified atom stereocenters. The van der Waals surface area contributed by atoms with Crippen molar-refractivity contribution in [2.24, 2.45) is 0 Å². The summed E-state index contributed by atoms with van der Waals surface area (Å²) in [5.41, 5.74) is 2.12. The van der Waals surface area contributed by atoms with Crippen molar-refractivity contribution < 1.29 is 9.66 Å². The van der Waals surface area contributed by atoms with Crippen molar-refractivity contribution in [2.75, 3.05) is 12.4 Å². The van der Waals surface area contributed by atoms with Gasteiger partial charge in [0.05, 0.1) is 11.5 Å². The molecule has 0 amide bonds. The molecule has 2 heterocycles. The third kappa shape index (κ3) is 3.74. The van der Waals surface area contributed by atoms with Crippen molar-refractivity contribution in [3.05, 3.63) is 50.6 Å². The lowest BCUT2D eigenvalue weighted by atomic mass is 10.2. The van der Waals surface area contributed by atoms with E-state index in [0.29, 0.717) is 18.1 Å². The Kier molecular flexibility index (Phi) is 5.19. The number of thiophene rings is 1. The summed E-state index contributed by atoms with van der Waals surface area (Å²) in [6, 6.07) is 4.88. The fourth-order valence-electron chi connectivity index (χ4n) is 2.44. The molecule has 3 rings (SSSR count). The van der Waals surface area contributed by atoms with Crippen LogP contribution in [-0.2, 0) is 0 Å². The van der Waals surface area contributed by atoms with Crippen molar-refractivity contribution in [3.8, 4) is 5.75 Å². The van der Waals surface area contributed by atoms with Crippen LogP contribution in [0.1, 0.15) is 16.0 Å². The van der Waals surface area contributed by atoms with Crippen LogP contribution in [0, 0.1) is 30.9 Å². The number of fused-ring (bicyclic) bond motifs is 1. The number of hydrogen-bond donors (Lipinski definition) is 0. The van der Waals surface area contributed by atoms with Crippen molar-refractivity contribution in [1.29, 1.82) is 0 Å². The first-order chi connectivity index (χ1) is 12.0. The molecule has 2 aromatic heterocycles. The molecular weight excluding hydrogens is 358 g/mol. The van der Waals surface area contributed by atoms with Gasteiger partial charge in [-0.3, -0.25) is 10.1 Å². The monoisotopic (exact) mass is 375 g/mol. The van der Waals surface area contributed by atoms with Gasteiger partial charge in [-0.2, -0.15) is 0 Å². The molecule has 0 spiro atoms.